The molecule has 2 atom stereocenters. The first-order valence-corrected chi connectivity index (χ1v) is 20.5. The molecular formula is C51H36N4O2S. The van der Waals surface area contributed by atoms with Crippen LogP contribution in [0.2, 0.25) is 0 Å². The number of aromatic nitrogens is 1. The molecule has 7 aromatic carbocycles. The average molecular weight is 769 g/mol. The van der Waals surface area contributed by atoms with E-state index in [2.05, 4.69) is 167 Å². The first-order chi connectivity index (χ1) is 28.7. The highest BCUT2D eigenvalue weighted by Gasteiger charge is 2.42. The van der Waals surface area contributed by atoms with Crippen LogP contribution in [-0.4, -0.2) is 40.1 Å². The van der Waals surface area contributed by atoms with Crippen LogP contribution in [0.4, 0.5) is 11.4 Å². The zero-order valence-electron chi connectivity index (χ0n) is 31.6. The Kier molecular flexibility index (Phi) is 7.33. The Hall–Kier alpha value is -6.93. The third-order valence-electron chi connectivity index (χ3n) is 12.0. The number of aliphatic imine (C=N–C) groups is 1. The van der Waals surface area contributed by atoms with E-state index in [-0.39, 0.29) is 18.7 Å². The maximum atomic E-state index is 11.2. The van der Waals surface area contributed by atoms with Gasteiger partial charge in [0.2, 0.25) is 0 Å². The number of likely N-dealkylation sites (N-methyl/N-ethyl adjacent to an activating group) is 1. The standard InChI is InChI=1S/C51H36N4O2S/c1-53-46-38-21-9-13-25-42(38)57-48(46)51(52-50(53)32-28-27-31-15-5-11-23-40(31)54(34(29-32)30-56)33-16-3-2-4-17-33)55-41-24-12-8-20-37(41)44-35-18-6-7-19-36(35)45-39-22-10-14-26-43(39)58-49(45)47(44)55/h2-29,34,46,56H,30H2,1H3/b28-27-,32-29+. The highest BCUT2D eigenvalue weighted by molar-refractivity contribution is 7.27. The van der Waals surface area contributed by atoms with Gasteiger partial charge in [0, 0.05) is 55.8 Å². The number of aliphatic hydroxyl groups excluding tert-OH is 1. The van der Waals surface area contributed by atoms with Gasteiger partial charge >= 0.3 is 0 Å². The fourth-order valence-electron chi connectivity index (χ4n) is 9.54. The average Bonchev–Trinajstić information content (AvgIpc) is 3.96. The van der Waals surface area contributed by atoms with Gasteiger partial charge in [-0.25, -0.2) is 4.99 Å². The largest absolute Gasteiger partial charge is 0.455 e. The van der Waals surface area contributed by atoms with E-state index in [9.17, 15) is 5.11 Å². The minimum atomic E-state index is -0.377. The van der Waals surface area contributed by atoms with Crippen molar-refractivity contribution in [2.24, 2.45) is 4.99 Å². The molecule has 6 nitrogen and oxygen atoms in total. The van der Waals surface area contributed by atoms with Crippen molar-refractivity contribution in [2.75, 3.05) is 18.6 Å². The Bertz CT molecular complexity index is 3300. The van der Waals surface area contributed by atoms with Crippen molar-refractivity contribution in [2.45, 2.75) is 12.1 Å². The van der Waals surface area contributed by atoms with E-state index in [1.54, 1.807) is 0 Å². The van der Waals surface area contributed by atoms with E-state index in [1.165, 1.54) is 41.7 Å². The zero-order valence-corrected chi connectivity index (χ0v) is 32.4. The Morgan fingerprint density at radius 1 is 0.690 bits per heavy atom. The van der Waals surface area contributed by atoms with Crippen LogP contribution in [0.1, 0.15) is 17.2 Å². The number of thiophene rings is 1. The fraction of sp³-hybridized carbons (Fsp3) is 0.0784. The second-order valence-electron chi connectivity index (χ2n) is 15.2. The summed E-state index contributed by atoms with van der Waals surface area (Å²) in [7, 11) is 2.11. The number of aliphatic hydroxyl groups is 1. The summed E-state index contributed by atoms with van der Waals surface area (Å²) in [4.78, 5) is 10.2. The number of rotatable bonds is 4. The number of hydrogen-bond donors (Lipinski definition) is 1. The monoisotopic (exact) mass is 768 g/mol. The molecule has 0 bridgehead atoms. The molecule has 58 heavy (non-hydrogen) atoms. The zero-order chi connectivity index (χ0) is 38.5. The van der Waals surface area contributed by atoms with Gasteiger partial charge in [0.15, 0.2) is 11.6 Å². The molecular weight excluding hydrogens is 733 g/mol. The maximum absolute atomic E-state index is 11.2. The van der Waals surface area contributed by atoms with Crippen LogP contribution in [0.15, 0.2) is 180 Å². The summed E-state index contributed by atoms with van der Waals surface area (Å²) in [6.45, 7) is -0.0925. The number of amidine groups is 1. The quantitative estimate of drug-likeness (QED) is 0.194. The summed E-state index contributed by atoms with van der Waals surface area (Å²) in [5.41, 5.74) is 7.30. The molecule has 5 heterocycles. The van der Waals surface area contributed by atoms with E-state index in [4.69, 9.17) is 9.73 Å². The summed E-state index contributed by atoms with van der Waals surface area (Å²) < 4.78 is 11.8. The molecule has 2 aromatic heterocycles. The van der Waals surface area contributed by atoms with Crippen molar-refractivity contribution < 1.29 is 9.84 Å². The van der Waals surface area contributed by atoms with Crippen molar-refractivity contribution in [1.29, 1.82) is 0 Å². The first-order valence-electron chi connectivity index (χ1n) is 19.7. The summed E-state index contributed by atoms with van der Waals surface area (Å²) in [5, 5.41) is 18.6. The lowest BCUT2D eigenvalue weighted by Gasteiger charge is -2.36. The van der Waals surface area contributed by atoms with Crippen molar-refractivity contribution in [3.63, 3.8) is 0 Å². The van der Waals surface area contributed by atoms with E-state index >= 15 is 0 Å². The highest BCUT2D eigenvalue weighted by Crippen LogP contribution is 2.52. The van der Waals surface area contributed by atoms with Gasteiger partial charge in [-0.3, -0.25) is 4.57 Å². The normalized spacial score (nSPS) is 19.1. The Labute approximate surface area is 338 Å². The SMILES string of the molecule is CN1C(C2=C/C(CO)N(c3ccccc3)c3ccccc3/C=C\2)=NC(n2c3ccccc3c3c4ccccc4c4c5ccccc5sc4c32)=C2Oc3ccccc3C21. The Morgan fingerprint density at radius 3 is 2.22 bits per heavy atom. The minimum absolute atomic E-state index is 0.0925. The van der Waals surface area contributed by atoms with Crippen molar-refractivity contribution in [3.05, 3.63) is 186 Å². The third kappa shape index (κ3) is 4.72. The van der Waals surface area contributed by atoms with Crippen molar-refractivity contribution >= 4 is 93.2 Å². The van der Waals surface area contributed by atoms with Crippen molar-refractivity contribution in [3.8, 4) is 5.75 Å². The molecule has 3 aliphatic rings. The molecule has 0 saturated carbocycles. The van der Waals surface area contributed by atoms with Crippen LogP contribution >= 0.6 is 11.3 Å². The number of anilines is 2. The summed E-state index contributed by atoms with van der Waals surface area (Å²) in [6.07, 6.45) is 6.50. The van der Waals surface area contributed by atoms with Gasteiger partial charge < -0.3 is 19.6 Å². The number of nitrogens with zero attached hydrogens (tertiary/aromatic N) is 4. The molecule has 0 saturated heterocycles. The van der Waals surface area contributed by atoms with Crippen LogP contribution in [0.3, 0.4) is 0 Å². The molecule has 7 heteroatoms. The second kappa shape index (κ2) is 12.8. The predicted octanol–water partition coefficient (Wildman–Crippen LogP) is 12.1. The van der Waals surface area contributed by atoms with Crippen LogP contribution in [0, 0.1) is 0 Å². The fourth-order valence-corrected chi connectivity index (χ4v) is 10.8. The summed E-state index contributed by atoms with van der Waals surface area (Å²) in [6, 6.07) is 52.7. The van der Waals surface area contributed by atoms with E-state index in [1.807, 2.05) is 35.6 Å². The number of fused-ring (bicyclic) bond motifs is 14. The van der Waals surface area contributed by atoms with Crippen LogP contribution < -0.4 is 9.64 Å². The summed E-state index contributed by atoms with van der Waals surface area (Å²) in [5.74, 6) is 3.18. The molecule has 0 fully saturated rings. The maximum Gasteiger partial charge on any atom is 0.181 e. The molecule has 2 unspecified atom stereocenters. The first kappa shape index (κ1) is 33.2. The van der Waals surface area contributed by atoms with Gasteiger partial charge in [0.25, 0.3) is 0 Å². The molecule has 3 aliphatic heterocycles. The highest BCUT2D eigenvalue weighted by atomic mass is 32.1. The van der Waals surface area contributed by atoms with Crippen LogP contribution in [-0.2, 0) is 0 Å². The van der Waals surface area contributed by atoms with Crippen LogP contribution in [0.5, 0.6) is 5.75 Å². The van der Waals surface area contributed by atoms with E-state index in [0.29, 0.717) is 0 Å². The number of hydrogen-bond acceptors (Lipinski definition) is 6. The van der Waals surface area contributed by atoms with Gasteiger partial charge in [0.1, 0.15) is 17.6 Å². The number of benzene rings is 7. The number of ether oxygens (including phenoxy) is 1. The van der Waals surface area contributed by atoms with Crippen LogP contribution in [0.25, 0.3) is 64.6 Å². The third-order valence-corrected chi connectivity index (χ3v) is 13.2. The Balaban J connectivity index is 1.18. The van der Waals surface area contributed by atoms with Gasteiger partial charge in [-0.05, 0) is 58.8 Å². The molecule has 9 aromatic rings. The second-order valence-corrected chi connectivity index (χ2v) is 16.2. The van der Waals surface area contributed by atoms with Gasteiger partial charge in [0.05, 0.1) is 28.4 Å². The van der Waals surface area contributed by atoms with Gasteiger partial charge in [-0.2, -0.15) is 0 Å². The van der Waals surface area contributed by atoms with Crippen molar-refractivity contribution in [1.82, 2.24) is 9.47 Å². The molecule has 278 valence electrons. The van der Waals surface area contributed by atoms with E-state index < -0.39 is 0 Å². The predicted molar refractivity (Wildman–Crippen MR) is 241 cm³/mol. The molecule has 1 N–H and O–H groups in total. The Morgan fingerprint density at radius 2 is 1.38 bits per heavy atom. The lowest BCUT2D eigenvalue weighted by molar-refractivity contribution is 0.282. The molecule has 0 spiro atoms. The minimum Gasteiger partial charge on any atom is -0.455 e. The lowest BCUT2D eigenvalue weighted by Crippen LogP contribution is -2.38. The van der Waals surface area contributed by atoms with Gasteiger partial charge in [-0.1, -0.05) is 127 Å². The smallest absolute Gasteiger partial charge is 0.181 e. The summed E-state index contributed by atoms with van der Waals surface area (Å²) >= 11 is 1.84. The van der Waals surface area contributed by atoms with Gasteiger partial charge in [-0.15, -0.1) is 11.3 Å². The lowest BCUT2D eigenvalue weighted by atomic mass is 9.98. The molecule has 0 aliphatic carbocycles. The molecule has 12 rings (SSSR count). The molecule has 0 radical (unpaired) electrons. The van der Waals surface area contributed by atoms with E-state index in [0.717, 1.165) is 62.3 Å². The molecule has 0 amide bonds. The number of para-hydroxylation sites is 4. The topological polar surface area (TPSA) is 53.2 Å².